The molecule has 5 rings (SSSR count). The summed E-state index contributed by atoms with van der Waals surface area (Å²) >= 11 is 0. The van der Waals surface area contributed by atoms with Gasteiger partial charge in [-0.3, -0.25) is 9.78 Å². The van der Waals surface area contributed by atoms with Gasteiger partial charge in [-0.05, 0) is 56.8 Å². The number of rotatable bonds is 4. The fourth-order valence-electron chi connectivity index (χ4n) is 4.82. The average molecular weight is 482 g/mol. The summed E-state index contributed by atoms with van der Waals surface area (Å²) in [5.74, 6) is 0.768. The van der Waals surface area contributed by atoms with E-state index in [0.717, 1.165) is 44.6 Å². The van der Waals surface area contributed by atoms with Gasteiger partial charge in [0.1, 0.15) is 5.69 Å². The fourth-order valence-corrected chi connectivity index (χ4v) is 4.82. The maximum absolute atomic E-state index is 10.6. The highest BCUT2D eigenvalue weighted by molar-refractivity contribution is 5.76. The number of nitrogens with zero attached hydrogens (tertiary/aromatic N) is 4. The van der Waals surface area contributed by atoms with Crippen molar-refractivity contribution < 1.29 is 4.79 Å². The van der Waals surface area contributed by atoms with E-state index in [9.17, 15) is 4.79 Å². The summed E-state index contributed by atoms with van der Waals surface area (Å²) in [5, 5.41) is 3.44. The summed E-state index contributed by atoms with van der Waals surface area (Å²) in [7, 11) is 2.19. The van der Waals surface area contributed by atoms with Gasteiger partial charge in [0.25, 0.3) is 0 Å². The summed E-state index contributed by atoms with van der Waals surface area (Å²) in [6.45, 7) is 3.23. The fraction of sp³-hybridized carbons (Fsp3) is 0.630. The first-order valence-electron chi connectivity index (χ1n) is 13.2. The first-order valence-corrected chi connectivity index (χ1v) is 13.2. The zero-order valence-corrected chi connectivity index (χ0v) is 21.2. The molecule has 0 spiro atoms. The molecule has 2 saturated carbocycles. The van der Waals surface area contributed by atoms with Crippen molar-refractivity contribution in [3.8, 4) is 11.5 Å². The second-order valence-electron chi connectivity index (χ2n) is 9.95. The number of carbonyl (C=O) groups excluding carboxylic acids is 1. The van der Waals surface area contributed by atoms with Gasteiger partial charge in [-0.15, -0.1) is 0 Å². The number of nitrogens with two attached hydrogens (primary N) is 2. The van der Waals surface area contributed by atoms with Crippen LogP contribution < -0.4 is 16.8 Å². The minimum absolute atomic E-state index is 0.102. The van der Waals surface area contributed by atoms with Crippen LogP contribution in [0.1, 0.15) is 63.4 Å². The van der Waals surface area contributed by atoms with Crippen LogP contribution in [0.4, 0.5) is 0 Å². The maximum atomic E-state index is 10.6. The maximum Gasteiger partial charge on any atom is 0.220 e. The summed E-state index contributed by atoms with van der Waals surface area (Å²) in [4.78, 5) is 25.9. The van der Waals surface area contributed by atoms with E-state index in [4.69, 9.17) is 11.5 Å². The highest BCUT2D eigenvalue weighted by Crippen LogP contribution is 2.22. The van der Waals surface area contributed by atoms with Crippen LogP contribution in [0.5, 0.6) is 0 Å². The molecule has 3 fully saturated rings. The van der Waals surface area contributed by atoms with E-state index in [0.29, 0.717) is 17.9 Å². The molecule has 2 aliphatic carbocycles. The minimum atomic E-state index is -0.102. The van der Waals surface area contributed by atoms with Gasteiger partial charge in [0.2, 0.25) is 5.91 Å². The standard InChI is InChI=1S/C15H19N5.C7H13NO.C5H11N/c1-20-8-7-16-11-13(20)9-12-3-4-14(19-10-12)15-17-5-2-6-18-15;8-7(9)6-4-2-1-3-5-6;6-5-3-1-2-4-5/h2-6,10,13,16H,7-9,11H2,1H3;6H,1-5H2,(H2,8,9);5H,1-4,6H2. The van der Waals surface area contributed by atoms with Gasteiger partial charge in [0.05, 0.1) is 0 Å². The van der Waals surface area contributed by atoms with Crippen LogP contribution in [0.15, 0.2) is 36.8 Å². The molecule has 8 heteroatoms. The molecule has 2 aromatic heterocycles. The van der Waals surface area contributed by atoms with Gasteiger partial charge >= 0.3 is 0 Å². The van der Waals surface area contributed by atoms with Crippen molar-refractivity contribution in [2.75, 3.05) is 26.7 Å². The lowest BCUT2D eigenvalue weighted by Crippen LogP contribution is -2.50. The number of primary amides is 1. The zero-order valence-electron chi connectivity index (χ0n) is 21.2. The van der Waals surface area contributed by atoms with Gasteiger partial charge in [0, 0.05) is 56.2 Å². The largest absolute Gasteiger partial charge is 0.369 e. The molecule has 0 aromatic carbocycles. The normalized spacial score (nSPS) is 21.4. The van der Waals surface area contributed by atoms with Crippen molar-refractivity contribution in [2.45, 2.75) is 76.3 Å². The van der Waals surface area contributed by atoms with E-state index in [1.165, 1.54) is 50.5 Å². The molecule has 1 unspecified atom stereocenters. The molecule has 1 atom stereocenters. The van der Waals surface area contributed by atoms with Crippen molar-refractivity contribution >= 4 is 5.91 Å². The van der Waals surface area contributed by atoms with Crippen LogP contribution in [0.3, 0.4) is 0 Å². The number of hydrogen-bond donors (Lipinski definition) is 3. The van der Waals surface area contributed by atoms with Gasteiger partial charge < -0.3 is 21.7 Å². The molecule has 3 aliphatic rings. The lowest BCUT2D eigenvalue weighted by molar-refractivity contribution is -0.122. The quantitative estimate of drug-likeness (QED) is 0.613. The first kappa shape index (κ1) is 27.2. The number of piperazine rings is 1. The highest BCUT2D eigenvalue weighted by atomic mass is 16.1. The molecule has 3 heterocycles. The monoisotopic (exact) mass is 481 g/mol. The molecule has 2 aromatic rings. The minimum Gasteiger partial charge on any atom is -0.369 e. The Hall–Kier alpha value is -2.42. The van der Waals surface area contributed by atoms with Crippen molar-refractivity contribution in [1.82, 2.24) is 25.2 Å². The predicted octanol–water partition coefficient (Wildman–Crippen LogP) is 2.92. The van der Waals surface area contributed by atoms with E-state index in [1.807, 2.05) is 18.3 Å². The Kier molecular flexibility index (Phi) is 11.5. The topological polar surface area (TPSA) is 123 Å². The summed E-state index contributed by atoms with van der Waals surface area (Å²) in [5.41, 5.74) is 12.7. The Morgan fingerprint density at radius 2 is 1.71 bits per heavy atom. The van der Waals surface area contributed by atoms with Crippen LogP contribution in [-0.4, -0.2) is 64.5 Å². The molecule has 8 nitrogen and oxygen atoms in total. The number of pyridine rings is 1. The summed E-state index contributed by atoms with van der Waals surface area (Å²) < 4.78 is 0. The number of likely N-dealkylation sites (N-methyl/N-ethyl adjacent to an activating group) is 1. The van der Waals surface area contributed by atoms with Crippen molar-refractivity contribution in [3.05, 3.63) is 42.4 Å². The molecule has 35 heavy (non-hydrogen) atoms. The molecule has 0 radical (unpaired) electrons. The molecular weight excluding hydrogens is 438 g/mol. The number of aromatic nitrogens is 3. The van der Waals surface area contributed by atoms with Crippen molar-refractivity contribution in [1.29, 1.82) is 0 Å². The Morgan fingerprint density at radius 1 is 1.03 bits per heavy atom. The van der Waals surface area contributed by atoms with Crippen molar-refractivity contribution in [2.24, 2.45) is 17.4 Å². The Morgan fingerprint density at radius 3 is 2.23 bits per heavy atom. The predicted molar refractivity (Wildman–Crippen MR) is 140 cm³/mol. The van der Waals surface area contributed by atoms with Gasteiger partial charge in [-0.2, -0.15) is 0 Å². The third-order valence-electron chi connectivity index (χ3n) is 7.14. The second kappa shape index (κ2) is 14.9. The molecule has 0 bridgehead atoms. The van der Waals surface area contributed by atoms with Crippen molar-refractivity contribution in [3.63, 3.8) is 0 Å². The molecule has 1 saturated heterocycles. The SMILES string of the molecule is CN1CCNCC1Cc1ccc(-c2ncccn2)nc1.NC(=O)C1CCCCC1.NC1CCCC1. The lowest BCUT2D eigenvalue weighted by atomic mass is 9.89. The average Bonchev–Trinajstić information content (AvgIpc) is 3.38. The van der Waals surface area contributed by atoms with Gasteiger partial charge in [0.15, 0.2) is 5.82 Å². The molecule has 1 aliphatic heterocycles. The molecule has 5 N–H and O–H groups in total. The van der Waals surface area contributed by atoms with Crippen LogP contribution >= 0.6 is 0 Å². The van der Waals surface area contributed by atoms with E-state index < -0.39 is 0 Å². The summed E-state index contributed by atoms with van der Waals surface area (Å²) in [6.07, 6.45) is 17.4. The Labute approximate surface area is 210 Å². The number of nitrogens with one attached hydrogen (secondary N) is 1. The van der Waals surface area contributed by atoms with Gasteiger partial charge in [-0.1, -0.05) is 38.2 Å². The Balaban J connectivity index is 0.000000187. The van der Waals surface area contributed by atoms with E-state index in [2.05, 4.69) is 38.3 Å². The smallest absolute Gasteiger partial charge is 0.220 e. The third-order valence-corrected chi connectivity index (χ3v) is 7.14. The number of carbonyl (C=O) groups is 1. The molecule has 1 amide bonds. The van der Waals surface area contributed by atoms with E-state index in [-0.39, 0.29) is 11.8 Å². The van der Waals surface area contributed by atoms with Gasteiger partial charge in [-0.25, -0.2) is 9.97 Å². The van der Waals surface area contributed by atoms with E-state index >= 15 is 0 Å². The van der Waals surface area contributed by atoms with E-state index in [1.54, 1.807) is 12.4 Å². The lowest BCUT2D eigenvalue weighted by Gasteiger charge is -2.33. The number of hydrogen-bond acceptors (Lipinski definition) is 7. The zero-order chi connectivity index (χ0) is 24.9. The number of amides is 1. The van der Waals surface area contributed by atoms with Crippen LogP contribution in [-0.2, 0) is 11.2 Å². The third kappa shape index (κ3) is 9.63. The molecule has 192 valence electrons. The second-order valence-corrected chi connectivity index (χ2v) is 9.95. The molecular formula is C27H43N7O. The highest BCUT2D eigenvalue weighted by Gasteiger charge is 2.19. The Bertz CT molecular complexity index is 850. The first-order chi connectivity index (χ1) is 17.0. The van der Waals surface area contributed by atoms with Crippen LogP contribution in [0.25, 0.3) is 11.5 Å². The van der Waals surface area contributed by atoms with Crippen LogP contribution in [0.2, 0.25) is 0 Å². The summed E-state index contributed by atoms with van der Waals surface area (Å²) in [6, 6.07) is 7.03. The van der Waals surface area contributed by atoms with Crippen LogP contribution in [0, 0.1) is 5.92 Å².